The third kappa shape index (κ3) is 2.30. The summed E-state index contributed by atoms with van der Waals surface area (Å²) in [6.45, 7) is 2.18. The zero-order valence-corrected chi connectivity index (χ0v) is 13.9. The van der Waals surface area contributed by atoms with E-state index in [1.807, 2.05) is 18.4 Å². The van der Waals surface area contributed by atoms with Crippen molar-refractivity contribution in [3.05, 3.63) is 68.3 Å². The highest BCUT2D eigenvalue weighted by Gasteiger charge is 2.18. The zero-order valence-electron chi connectivity index (χ0n) is 11.5. The van der Waals surface area contributed by atoms with Crippen LogP contribution in [0.2, 0.25) is 0 Å². The van der Waals surface area contributed by atoms with E-state index in [0.29, 0.717) is 0 Å². The quantitative estimate of drug-likeness (QED) is 0.680. The zero-order chi connectivity index (χ0) is 14.1. The van der Waals surface area contributed by atoms with Crippen molar-refractivity contribution in [1.82, 2.24) is 5.32 Å². The summed E-state index contributed by atoms with van der Waals surface area (Å²) in [5.74, 6) is 0. The van der Waals surface area contributed by atoms with E-state index in [4.69, 9.17) is 0 Å². The Morgan fingerprint density at radius 2 is 1.80 bits per heavy atom. The standard InChI is InChI=1S/C17H16BrNS/c1-11-9-10-20-17(11)16(19-2)14-7-8-15(18)13-6-4-3-5-12(13)14/h3-10,16,19H,1-2H3. The fourth-order valence-electron chi connectivity index (χ4n) is 2.65. The molecule has 0 radical (unpaired) electrons. The number of hydrogen-bond acceptors (Lipinski definition) is 2. The van der Waals surface area contributed by atoms with Crippen LogP contribution < -0.4 is 5.32 Å². The van der Waals surface area contributed by atoms with Crippen molar-refractivity contribution < 1.29 is 0 Å². The first-order valence-electron chi connectivity index (χ1n) is 6.60. The van der Waals surface area contributed by atoms with Gasteiger partial charge >= 0.3 is 0 Å². The van der Waals surface area contributed by atoms with Crippen LogP contribution in [-0.2, 0) is 0 Å². The molecule has 1 aromatic heterocycles. The highest BCUT2D eigenvalue weighted by Crippen LogP contribution is 2.35. The van der Waals surface area contributed by atoms with Gasteiger partial charge in [0.15, 0.2) is 0 Å². The lowest BCUT2D eigenvalue weighted by Crippen LogP contribution is -2.17. The van der Waals surface area contributed by atoms with Gasteiger partial charge in [0.2, 0.25) is 0 Å². The first-order valence-corrected chi connectivity index (χ1v) is 8.28. The monoisotopic (exact) mass is 345 g/mol. The average Bonchev–Trinajstić information content (AvgIpc) is 2.89. The molecule has 1 nitrogen and oxygen atoms in total. The molecule has 20 heavy (non-hydrogen) atoms. The molecule has 3 rings (SSSR count). The molecule has 1 heterocycles. The van der Waals surface area contributed by atoms with Gasteiger partial charge in [-0.3, -0.25) is 0 Å². The van der Waals surface area contributed by atoms with Crippen LogP contribution in [0.1, 0.15) is 22.0 Å². The normalized spacial score (nSPS) is 12.8. The molecule has 3 heteroatoms. The van der Waals surface area contributed by atoms with Gasteiger partial charge in [0.05, 0.1) is 6.04 Å². The second-order valence-corrected chi connectivity index (χ2v) is 6.67. The van der Waals surface area contributed by atoms with Gasteiger partial charge in [-0.1, -0.05) is 46.3 Å². The summed E-state index contributed by atoms with van der Waals surface area (Å²) in [5, 5.41) is 8.19. The molecular weight excluding hydrogens is 330 g/mol. The van der Waals surface area contributed by atoms with Gasteiger partial charge in [-0.05, 0) is 53.4 Å². The van der Waals surface area contributed by atoms with E-state index >= 15 is 0 Å². The molecule has 0 saturated carbocycles. The van der Waals surface area contributed by atoms with Crippen LogP contribution in [0, 0.1) is 6.92 Å². The number of halogens is 1. The molecule has 0 saturated heterocycles. The van der Waals surface area contributed by atoms with Crippen molar-refractivity contribution in [2.75, 3.05) is 7.05 Å². The number of benzene rings is 2. The summed E-state index contributed by atoms with van der Waals surface area (Å²) >= 11 is 5.46. The van der Waals surface area contributed by atoms with Gasteiger partial charge in [-0.2, -0.15) is 0 Å². The number of fused-ring (bicyclic) bond motifs is 1. The first-order chi connectivity index (χ1) is 9.72. The van der Waals surface area contributed by atoms with Crippen molar-refractivity contribution in [2.45, 2.75) is 13.0 Å². The van der Waals surface area contributed by atoms with E-state index in [-0.39, 0.29) is 6.04 Å². The molecule has 3 aromatic rings. The van der Waals surface area contributed by atoms with Crippen molar-refractivity contribution in [3.8, 4) is 0 Å². The van der Waals surface area contributed by atoms with E-state index in [9.17, 15) is 0 Å². The Balaban J connectivity index is 2.23. The Hall–Kier alpha value is -1.16. The molecule has 1 unspecified atom stereocenters. The maximum atomic E-state index is 3.65. The molecule has 1 N–H and O–H groups in total. The second-order valence-electron chi connectivity index (χ2n) is 4.87. The van der Waals surface area contributed by atoms with Gasteiger partial charge in [-0.25, -0.2) is 0 Å². The molecule has 2 aromatic carbocycles. The van der Waals surface area contributed by atoms with Crippen LogP contribution in [0.25, 0.3) is 10.8 Å². The van der Waals surface area contributed by atoms with E-state index in [1.54, 1.807) is 0 Å². The van der Waals surface area contributed by atoms with Crippen molar-refractivity contribution >= 4 is 38.0 Å². The summed E-state index contributed by atoms with van der Waals surface area (Å²) < 4.78 is 1.15. The van der Waals surface area contributed by atoms with Crippen LogP contribution in [0.4, 0.5) is 0 Å². The molecule has 1 atom stereocenters. The van der Waals surface area contributed by atoms with Gasteiger partial charge in [0.25, 0.3) is 0 Å². The summed E-state index contributed by atoms with van der Waals surface area (Å²) in [6.07, 6.45) is 0. The molecule has 0 fully saturated rings. The molecule has 0 aliphatic rings. The van der Waals surface area contributed by atoms with E-state index in [0.717, 1.165) is 4.47 Å². The minimum atomic E-state index is 0.244. The molecule has 0 amide bonds. The molecular formula is C17H16BrNS. The van der Waals surface area contributed by atoms with E-state index in [1.165, 1.54) is 26.8 Å². The van der Waals surface area contributed by atoms with Gasteiger partial charge in [-0.15, -0.1) is 11.3 Å². The Kier molecular flexibility index (Phi) is 3.92. The predicted molar refractivity (Wildman–Crippen MR) is 91.6 cm³/mol. The van der Waals surface area contributed by atoms with Crippen LogP contribution in [0.3, 0.4) is 0 Å². The summed E-state index contributed by atoms with van der Waals surface area (Å²) in [7, 11) is 2.03. The number of nitrogens with one attached hydrogen (secondary N) is 1. The Labute approximate surface area is 131 Å². The second kappa shape index (κ2) is 5.68. The smallest absolute Gasteiger partial charge is 0.0677 e. The summed E-state index contributed by atoms with van der Waals surface area (Å²) in [5.41, 5.74) is 2.68. The molecule has 0 aliphatic carbocycles. The van der Waals surface area contributed by atoms with Crippen LogP contribution in [0.5, 0.6) is 0 Å². The van der Waals surface area contributed by atoms with Crippen molar-refractivity contribution in [2.24, 2.45) is 0 Å². The fourth-order valence-corrected chi connectivity index (χ4v) is 4.18. The molecule has 0 spiro atoms. The number of hydrogen-bond donors (Lipinski definition) is 1. The largest absolute Gasteiger partial charge is 0.309 e. The third-order valence-corrected chi connectivity index (χ3v) is 5.44. The van der Waals surface area contributed by atoms with Crippen LogP contribution in [-0.4, -0.2) is 7.05 Å². The average molecular weight is 346 g/mol. The van der Waals surface area contributed by atoms with Crippen LogP contribution in [0.15, 0.2) is 52.3 Å². The van der Waals surface area contributed by atoms with E-state index < -0.39 is 0 Å². The van der Waals surface area contributed by atoms with Crippen molar-refractivity contribution in [3.63, 3.8) is 0 Å². The third-order valence-electron chi connectivity index (χ3n) is 3.67. The maximum absolute atomic E-state index is 3.65. The topological polar surface area (TPSA) is 12.0 Å². The Morgan fingerprint density at radius 1 is 1.05 bits per heavy atom. The highest BCUT2D eigenvalue weighted by molar-refractivity contribution is 9.10. The van der Waals surface area contributed by atoms with Gasteiger partial charge < -0.3 is 5.32 Å². The van der Waals surface area contributed by atoms with Gasteiger partial charge in [0.1, 0.15) is 0 Å². The minimum absolute atomic E-state index is 0.244. The maximum Gasteiger partial charge on any atom is 0.0677 e. The lowest BCUT2D eigenvalue weighted by molar-refractivity contribution is 0.705. The highest BCUT2D eigenvalue weighted by atomic mass is 79.9. The molecule has 102 valence electrons. The Bertz CT molecular complexity index is 748. The number of aryl methyl sites for hydroxylation is 1. The van der Waals surface area contributed by atoms with Crippen LogP contribution >= 0.6 is 27.3 Å². The summed E-state index contributed by atoms with van der Waals surface area (Å²) in [4.78, 5) is 1.39. The van der Waals surface area contributed by atoms with E-state index in [2.05, 4.69) is 76.0 Å². The SMILES string of the molecule is CNC(c1sccc1C)c1ccc(Br)c2ccccc12. The van der Waals surface area contributed by atoms with Gasteiger partial charge in [0, 0.05) is 9.35 Å². The molecule has 0 aliphatic heterocycles. The Morgan fingerprint density at radius 3 is 2.45 bits per heavy atom. The van der Waals surface area contributed by atoms with Crippen molar-refractivity contribution in [1.29, 1.82) is 0 Å². The molecule has 0 bridgehead atoms. The minimum Gasteiger partial charge on any atom is -0.309 e. The fraction of sp³-hybridized carbons (Fsp3) is 0.176. The number of thiophene rings is 1. The lowest BCUT2D eigenvalue weighted by atomic mass is 9.96. The number of rotatable bonds is 3. The lowest BCUT2D eigenvalue weighted by Gasteiger charge is -2.19. The first kappa shape index (κ1) is 13.8. The predicted octanol–water partition coefficient (Wildman–Crippen LogP) is 5.28. The summed E-state index contributed by atoms with van der Waals surface area (Å²) in [6, 6.07) is 15.3.